The van der Waals surface area contributed by atoms with Crippen molar-refractivity contribution in [1.29, 1.82) is 0 Å². The minimum atomic E-state index is -3.60. The van der Waals surface area contributed by atoms with Gasteiger partial charge in [0, 0.05) is 22.2 Å². The number of hydrogen-bond acceptors (Lipinski definition) is 3. The highest BCUT2D eigenvalue weighted by Crippen LogP contribution is 2.18. The van der Waals surface area contributed by atoms with Crippen LogP contribution in [0.4, 0.5) is 5.69 Å². The summed E-state index contributed by atoms with van der Waals surface area (Å²) in [5.74, 6) is -0.307. The number of carbonyl (C=O) groups is 1. The first-order chi connectivity index (χ1) is 10.0. The topological polar surface area (TPSA) is 63.2 Å². The SMILES string of the molecule is O=C(Nc1cccc(S(=O)(=O)C=CCl)c1)c1ccccc1. The van der Waals surface area contributed by atoms with Gasteiger partial charge in [0.2, 0.25) is 9.84 Å². The molecule has 1 amide bonds. The molecule has 2 aromatic rings. The summed E-state index contributed by atoms with van der Waals surface area (Å²) in [5, 5.41) is 3.55. The van der Waals surface area contributed by atoms with Crippen LogP contribution in [0.5, 0.6) is 0 Å². The third kappa shape index (κ3) is 3.93. The minimum Gasteiger partial charge on any atom is -0.322 e. The molecule has 0 heterocycles. The third-order valence-corrected chi connectivity index (χ3v) is 4.37. The van der Waals surface area contributed by atoms with Crippen molar-refractivity contribution in [1.82, 2.24) is 0 Å². The van der Waals surface area contributed by atoms with Crippen molar-refractivity contribution in [3.63, 3.8) is 0 Å². The van der Waals surface area contributed by atoms with Crippen LogP contribution in [0.15, 0.2) is 70.4 Å². The van der Waals surface area contributed by atoms with Gasteiger partial charge in [0.05, 0.1) is 4.90 Å². The Morgan fingerprint density at radius 1 is 1.05 bits per heavy atom. The molecule has 0 aliphatic rings. The second kappa shape index (κ2) is 6.56. The average Bonchev–Trinajstić information content (AvgIpc) is 2.48. The van der Waals surface area contributed by atoms with Crippen molar-refractivity contribution in [3.8, 4) is 0 Å². The molecular formula is C15H12ClNO3S. The van der Waals surface area contributed by atoms with Gasteiger partial charge in [-0.1, -0.05) is 35.9 Å². The van der Waals surface area contributed by atoms with Gasteiger partial charge in [-0.05, 0) is 30.3 Å². The van der Waals surface area contributed by atoms with E-state index in [0.29, 0.717) is 11.3 Å². The van der Waals surface area contributed by atoms with Crippen LogP contribution in [0.1, 0.15) is 10.4 Å². The minimum absolute atomic E-state index is 0.0604. The third-order valence-electron chi connectivity index (χ3n) is 2.69. The lowest BCUT2D eigenvalue weighted by Gasteiger charge is -2.07. The standard InChI is InChI=1S/C15H12ClNO3S/c16-9-10-21(19,20)14-8-4-7-13(11-14)17-15(18)12-5-2-1-3-6-12/h1-11H,(H,17,18). The van der Waals surface area contributed by atoms with E-state index in [4.69, 9.17) is 11.6 Å². The molecule has 0 atom stereocenters. The van der Waals surface area contributed by atoms with E-state index in [1.807, 2.05) is 6.07 Å². The van der Waals surface area contributed by atoms with E-state index >= 15 is 0 Å². The summed E-state index contributed by atoms with van der Waals surface area (Å²) in [6.07, 6.45) is 0. The van der Waals surface area contributed by atoms with Gasteiger partial charge in [-0.3, -0.25) is 4.79 Å². The van der Waals surface area contributed by atoms with Crippen molar-refractivity contribution in [2.24, 2.45) is 0 Å². The number of sulfone groups is 1. The molecule has 0 bridgehead atoms. The molecule has 0 aliphatic heterocycles. The number of halogens is 1. The Hall–Kier alpha value is -2.11. The normalized spacial score (nSPS) is 11.5. The van der Waals surface area contributed by atoms with Gasteiger partial charge in [-0.2, -0.15) is 0 Å². The van der Waals surface area contributed by atoms with E-state index in [0.717, 1.165) is 10.9 Å². The van der Waals surface area contributed by atoms with E-state index < -0.39 is 9.84 Å². The van der Waals surface area contributed by atoms with Crippen molar-refractivity contribution < 1.29 is 13.2 Å². The first kappa shape index (κ1) is 15.3. The molecule has 6 heteroatoms. The Kier molecular flexibility index (Phi) is 4.77. The highest BCUT2D eigenvalue weighted by molar-refractivity contribution is 7.94. The molecule has 0 saturated heterocycles. The van der Waals surface area contributed by atoms with Crippen LogP contribution < -0.4 is 5.32 Å². The Morgan fingerprint density at radius 2 is 1.76 bits per heavy atom. The molecule has 0 radical (unpaired) electrons. The number of anilines is 1. The number of carbonyl (C=O) groups excluding carboxylic acids is 1. The summed E-state index contributed by atoms with van der Waals surface area (Å²) in [6.45, 7) is 0. The fraction of sp³-hybridized carbons (Fsp3) is 0. The van der Waals surface area contributed by atoms with Crippen LogP contribution in [-0.4, -0.2) is 14.3 Å². The predicted octanol–water partition coefficient (Wildman–Crippen LogP) is 3.42. The first-order valence-corrected chi connectivity index (χ1v) is 7.99. The van der Waals surface area contributed by atoms with Gasteiger partial charge in [0.1, 0.15) is 0 Å². The lowest BCUT2D eigenvalue weighted by atomic mass is 10.2. The summed E-state index contributed by atoms with van der Waals surface area (Å²) in [5.41, 5.74) is 1.82. The van der Waals surface area contributed by atoms with Gasteiger partial charge in [-0.15, -0.1) is 0 Å². The largest absolute Gasteiger partial charge is 0.322 e. The molecule has 0 spiro atoms. The van der Waals surface area contributed by atoms with Crippen molar-refractivity contribution in [3.05, 3.63) is 71.1 Å². The van der Waals surface area contributed by atoms with Gasteiger partial charge < -0.3 is 5.32 Å². The molecule has 21 heavy (non-hydrogen) atoms. The number of benzene rings is 2. The zero-order valence-electron chi connectivity index (χ0n) is 10.9. The van der Waals surface area contributed by atoms with E-state index in [2.05, 4.69) is 5.32 Å². The Labute approximate surface area is 128 Å². The number of rotatable bonds is 4. The Balaban J connectivity index is 2.25. The second-order valence-electron chi connectivity index (χ2n) is 4.16. The van der Waals surface area contributed by atoms with Crippen LogP contribution in [0, 0.1) is 0 Å². The quantitative estimate of drug-likeness (QED) is 0.938. The molecule has 2 aromatic carbocycles. The van der Waals surface area contributed by atoms with E-state index in [9.17, 15) is 13.2 Å². The maximum atomic E-state index is 12.0. The lowest BCUT2D eigenvalue weighted by molar-refractivity contribution is 0.102. The van der Waals surface area contributed by atoms with Crippen molar-refractivity contribution in [2.75, 3.05) is 5.32 Å². The molecular weight excluding hydrogens is 310 g/mol. The molecule has 2 rings (SSSR count). The smallest absolute Gasteiger partial charge is 0.255 e. The summed E-state index contributed by atoms with van der Waals surface area (Å²) < 4.78 is 23.7. The summed E-state index contributed by atoms with van der Waals surface area (Å²) in [6, 6.07) is 14.6. The molecule has 0 fully saturated rings. The van der Waals surface area contributed by atoms with Crippen molar-refractivity contribution in [2.45, 2.75) is 4.90 Å². The highest BCUT2D eigenvalue weighted by Gasteiger charge is 2.12. The molecule has 108 valence electrons. The number of hydrogen-bond donors (Lipinski definition) is 1. The zero-order chi connectivity index (χ0) is 15.3. The lowest BCUT2D eigenvalue weighted by Crippen LogP contribution is -2.12. The molecule has 0 saturated carbocycles. The average molecular weight is 322 g/mol. The van der Waals surface area contributed by atoms with Gasteiger partial charge in [-0.25, -0.2) is 8.42 Å². The van der Waals surface area contributed by atoms with Gasteiger partial charge in [0.25, 0.3) is 5.91 Å². The van der Waals surface area contributed by atoms with Crippen molar-refractivity contribution >= 4 is 33.0 Å². The summed E-state index contributed by atoms with van der Waals surface area (Å²) >= 11 is 5.31. The van der Waals surface area contributed by atoms with Gasteiger partial charge in [0.15, 0.2) is 0 Å². The van der Waals surface area contributed by atoms with E-state index in [1.165, 1.54) is 12.1 Å². The molecule has 0 aliphatic carbocycles. The van der Waals surface area contributed by atoms with Crippen LogP contribution in [0.25, 0.3) is 0 Å². The monoisotopic (exact) mass is 321 g/mol. The maximum Gasteiger partial charge on any atom is 0.255 e. The van der Waals surface area contributed by atoms with E-state index in [-0.39, 0.29) is 10.8 Å². The van der Waals surface area contributed by atoms with Crippen LogP contribution in [0.2, 0.25) is 0 Å². The Morgan fingerprint density at radius 3 is 2.43 bits per heavy atom. The van der Waals surface area contributed by atoms with Crippen LogP contribution in [0.3, 0.4) is 0 Å². The molecule has 1 N–H and O–H groups in total. The molecule has 4 nitrogen and oxygen atoms in total. The number of nitrogens with one attached hydrogen (secondary N) is 1. The fourth-order valence-electron chi connectivity index (χ4n) is 1.69. The predicted molar refractivity (Wildman–Crippen MR) is 83.0 cm³/mol. The van der Waals surface area contributed by atoms with Crippen LogP contribution in [-0.2, 0) is 9.84 Å². The fourth-order valence-corrected chi connectivity index (χ4v) is 2.95. The van der Waals surface area contributed by atoms with E-state index in [1.54, 1.807) is 36.4 Å². The highest BCUT2D eigenvalue weighted by atomic mass is 35.5. The van der Waals surface area contributed by atoms with Gasteiger partial charge >= 0.3 is 0 Å². The summed E-state index contributed by atoms with van der Waals surface area (Å²) in [4.78, 5) is 12.1. The molecule has 0 aromatic heterocycles. The van der Waals surface area contributed by atoms with Crippen LogP contribution >= 0.6 is 11.6 Å². The maximum absolute atomic E-state index is 12.0. The number of amides is 1. The zero-order valence-corrected chi connectivity index (χ0v) is 12.4. The first-order valence-electron chi connectivity index (χ1n) is 6.01. The molecule has 0 unspecified atom stereocenters. The summed E-state index contributed by atoms with van der Waals surface area (Å²) in [7, 11) is -3.60. The second-order valence-corrected chi connectivity index (χ2v) is 6.24. The Bertz CT molecular complexity index is 771.